The number of halogens is 1. The Balaban J connectivity index is 2.13. The lowest BCUT2D eigenvalue weighted by Gasteiger charge is -2.12. The van der Waals surface area contributed by atoms with Crippen molar-refractivity contribution in [3.8, 4) is 5.75 Å². The molecule has 1 heterocycles. The van der Waals surface area contributed by atoms with E-state index in [-0.39, 0.29) is 0 Å². The Morgan fingerprint density at radius 2 is 2.28 bits per heavy atom. The number of aryl methyl sites for hydroxylation is 1. The summed E-state index contributed by atoms with van der Waals surface area (Å²) in [5, 5.41) is 18.0. The van der Waals surface area contributed by atoms with E-state index >= 15 is 0 Å². The van der Waals surface area contributed by atoms with Gasteiger partial charge in [-0.3, -0.25) is 4.68 Å². The lowest BCUT2D eigenvalue weighted by Crippen LogP contribution is -2.01. The van der Waals surface area contributed by atoms with E-state index in [0.29, 0.717) is 22.9 Å². The number of hydrogen-bond acceptors (Lipinski definition) is 4. The first-order valence-electron chi connectivity index (χ1n) is 5.52. The Bertz CT molecular complexity index is 540. The molecular formula is C12H14ClN3O2. The van der Waals surface area contributed by atoms with E-state index in [4.69, 9.17) is 16.3 Å². The van der Waals surface area contributed by atoms with Crippen LogP contribution in [0, 0.1) is 0 Å². The van der Waals surface area contributed by atoms with Crippen LogP contribution in [0.15, 0.2) is 24.4 Å². The van der Waals surface area contributed by atoms with Crippen LogP contribution < -0.4 is 4.74 Å². The van der Waals surface area contributed by atoms with Crippen LogP contribution in [0.1, 0.15) is 24.3 Å². The van der Waals surface area contributed by atoms with Crippen molar-refractivity contribution in [1.82, 2.24) is 15.0 Å². The number of aliphatic hydroxyl groups is 1. The molecule has 0 aliphatic rings. The molecule has 96 valence electrons. The standard InChI is InChI=1S/C12H14ClN3O2/c1-8(17)11-5-9(13)3-4-12(11)18-7-10-6-16(2)15-14-10/h3-6,8,17H,7H2,1-2H3/t8-/m0/s1. The normalized spacial score (nSPS) is 12.4. The van der Waals surface area contributed by atoms with Gasteiger partial charge >= 0.3 is 0 Å². The van der Waals surface area contributed by atoms with Crippen LogP contribution in [0.3, 0.4) is 0 Å². The highest BCUT2D eigenvalue weighted by atomic mass is 35.5. The number of aliphatic hydroxyl groups excluding tert-OH is 1. The lowest BCUT2D eigenvalue weighted by atomic mass is 10.1. The monoisotopic (exact) mass is 267 g/mol. The molecule has 1 atom stereocenters. The molecule has 0 aliphatic heterocycles. The summed E-state index contributed by atoms with van der Waals surface area (Å²) in [5.74, 6) is 0.597. The van der Waals surface area contributed by atoms with Crippen LogP contribution in [0.25, 0.3) is 0 Å². The summed E-state index contributed by atoms with van der Waals surface area (Å²) in [6.45, 7) is 1.97. The van der Waals surface area contributed by atoms with Crippen molar-refractivity contribution in [2.24, 2.45) is 7.05 Å². The first-order valence-corrected chi connectivity index (χ1v) is 5.89. The number of benzene rings is 1. The van der Waals surface area contributed by atoms with Crippen LogP contribution in [-0.2, 0) is 13.7 Å². The van der Waals surface area contributed by atoms with Gasteiger partial charge < -0.3 is 9.84 Å². The number of aromatic nitrogens is 3. The molecule has 6 heteroatoms. The molecule has 0 amide bonds. The van der Waals surface area contributed by atoms with Crippen molar-refractivity contribution in [2.75, 3.05) is 0 Å². The van der Waals surface area contributed by atoms with Crippen molar-refractivity contribution in [3.05, 3.63) is 40.7 Å². The van der Waals surface area contributed by atoms with Crippen LogP contribution in [0.5, 0.6) is 5.75 Å². The highest BCUT2D eigenvalue weighted by Crippen LogP contribution is 2.28. The van der Waals surface area contributed by atoms with E-state index in [1.165, 1.54) is 0 Å². The molecule has 1 aromatic carbocycles. The van der Waals surface area contributed by atoms with Gasteiger partial charge in [0.05, 0.1) is 12.3 Å². The molecule has 18 heavy (non-hydrogen) atoms. The molecule has 2 rings (SSSR count). The fraction of sp³-hybridized carbons (Fsp3) is 0.333. The van der Waals surface area contributed by atoms with Gasteiger partial charge in [0.15, 0.2) is 0 Å². The number of rotatable bonds is 4. The van der Waals surface area contributed by atoms with Gasteiger partial charge in [0.2, 0.25) is 0 Å². The van der Waals surface area contributed by atoms with Gasteiger partial charge in [-0.1, -0.05) is 16.8 Å². The van der Waals surface area contributed by atoms with Crippen molar-refractivity contribution >= 4 is 11.6 Å². The van der Waals surface area contributed by atoms with Crippen molar-refractivity contribution < 1.29 is 9.84 Å². The van der Waals surface area contributed by atoms with Crippen molar-refractivity contribution in [1.29, 1.82) is 0 Å². The minimum atomic E-state index is -0.638. The number of nitrogens with zero attached hydrogens (tertiary/aromatic N) is 3. The average molecular weight is 268 g/mol. The molecule has 0 bridgehead atoms. The predicted octanol–water partition coefficient (Wildman–Crippen LogP) is 2.10. The van der Waals surface area contributed by atoms with Gasteiger partial charge in [0.25, 0.3) is 0 Å². The van der Waals surface area contributed by atoms with E-state index in [2.05, 4.69) is 10.3 Å². The van der Waals surface area contributed by atoms with E-state index in [1.807, 2.05) is 0 Å². The predicted molar refractivity (Wildman–Crippen MR) is 67.4 cm³/mol. The Kier molecular flexibility index (Phi) is 3.84. The first-order chi connectivity index (χ1) is 8.56. The van der Waals surface area contributed by atoms with Gasteiger partial charge in [0.1, 0.15) is 18.1 Å². The summed E-state index contributed by atoms with van der Waals surface area (Å²) in [6.07, 6.45) is 1.14. The number of ether oxygens (including phenoxy) is 1. The third-order valence-corrected chi connectivity index (χ3v) is 2.68. The van der Waals surface area contributed by atoms with Crippen molar-refractivity contribution in [3.63, 3.8) is 0 Å². The smallest absolute Gasteiger partial charge is 0.134 e. The summed E-state index contributed by atoms with van der Waals surface area (Å²) < 4.78 is 7.23. The SMILES string of the molecule is C[C@H](O)c1cc(Cl)ccc1OCc1cn(C)nn1. The molecule has 1 aromatic heterocycles. The Hall–Kier alpha value is -1.59. The van der Waals surface area contributed by atoms with Gasteiger partial charge in [-0.2, -0.15) is 0 Å². The Morgan fingerprint density at radius 3 is 2.89 bits per heavy atom. The van der Waals surface area contributed by atoms with Crippen LogP contribution in [0.4, 0.5) is 0 Å². The largest absolute Gasteiger partial charge is 0.487 e. The van der Waals surface area contributed by atoms with Gasteiger partial charge in [-0.05, 0) is 25.1 Å². The maximum absolute atomic E-state index is 9.66. The average Bonchev–Trinajstić information content (AvgIpc) is 2.73. The van der Waals surface area contributed by atoms with E-state index in [1.54, 1.807) is 43.0 Å². The van der Waals surface area contributed by atoms with Gasteiger partial charge in [-0.25, -0.2) is 0 Å². The summed E-state index contributed by atoms with van der Waals surface area (Å²) in [4.78, 5) is 0. The van der Waals surface area contributed by atoms with Crippen molar-refractivity contribution in [2.45, 2.75) is 19.6 Å². The number of hydrogen-bond donors (Lipinski definition) is 1. The quantitative estimate of drug-likeness (QED) is 0.922. The zero-order valence-electron chi connectivity index (χ0n) is 10.2. The molecule has 2 aromatic rings. The zero-order chi connectivity index (χ0) is 13.1. The van der Waals surface area contributed by atoms with Crippen LogP contribution in [-0.4, -0.2) is 20.1 Å². The second-order valence-electron chi connectivity index (χ2n) is 4.03. The van der Waals surface area contributed by atoms with E-state index < -0.39 is 6.10 Å². The minimum Gasteiger partial charge on any atom is -0.487 e. The second-order valence-corrected chi connectivity index (χ2v) is 4.47. The topological polar surface area (TPSA) is 60.2 Å². The molecule has 0 saturated carbocycles. The molecule has 0 spiro atoms. The molecular weight excluding hydrogens is 254 g/mol. The highest BCUT2D eigenvalue weighted by Gasteiger charge is 2.10. The van der Waals surface area contributed by atoms with Gasteiger partial charge in [-0.15, -0.1) is 5.10 Å². The summed E-state index contributed by atoms with van der Waals surface area (Å²) in [6, 6.07) is 5.15. The van der Waals surface area contributed by atoms with E-state index in [0.717, 1.165) is 5.69 Å². The molecule has 0 fully saturated rings. The molecule has 5 nitrogen and oxygen atoms in total. The van der Waals surface area contributed by atoms with E-state index in [9.17, 15) is 5.11 Å². The molecule has 0 saturated heterocycles. The molecule has 0 aliphatic carbocycles. The van der Waals surface area contributed by atoms with Gasteiger partial charge in [0, 0.05) is 17.6 Å². The maximum Gasteiger partial charge on any atom is 0.134 e. The molecule has 0 unspecified atom stereocenters. The van der Waals surface area contributed by atoms with Crippen LogP contribution >= 0.6 is 11.6 Å². The maximum atomic E-state index is 9.66. The minimum absolute atomic E-state index is 0.301. The van der Waals surface area contributed by atoms with Crippen LogP contribution in [0.2, 0.25) is 5.02 Å². The zero-order valence-corrected chi connectivity index (χ0v) is 10.9. The Labute approximate surface area is 110 Å². The molecule has 1 N–H and O–H groups in total. The Morgan fingerprint density at radius 1 is 1.50 bits per heavy atom. The fourth-order valence-corrected chi connectivity index (χ4v) is 1.77. The summed E-state index contributed by atoms with van der Waals surface area (Å²) in [7, 11) is 1.79. The first kappa shape index (κ1) is 12.9. The molecule has 0 radical (unpaired) electrons. The summed E-state index contributed by atoms with van der Waals surface area (Å²) in [5.41, 5.74) is 1.38. The third kappa shape index (κ3) is 3.00. The highest BCUT2D eigenvalue weighted by molar-refractivity contribution is 6.30. The lowest BCUT2D eigenvalue weighted by molar-refractivity contribution is 0.190. The second kappa shape index (κ2) is 5.37. The summed E-state index contributed by atoms with van der Waals surface area (Å²) >= 11 is 5.89. The fourth-order valence-electron chi connectivity index (χ4n) is 1.59. The third-order valence-electron chi connectivity index (χ3n) is 2.45.